The van der Waals surface area contributed by atoms with Crippen LogP contribution >= 0.6 is 0 Å². The highest BCUT2D eigenvalue weighted by Crippen LogP contribution is 2.34. The minimum absolute atomic E-state index is 0.0709. The highest BCUT2D eigenvalue weighted by molar-refractivity contribution is 5.96. The van der Waals surface area contributed by atoms with E-state index >= 15 is 0 Å². The van der Waals surface area contributed by atoms with Gasteiger partial charge in [0, 0.05) is 43.0 Å². The largest absolute Gasteiger partial charge is 0.497 e. The number of amides is 2. The Balaban J connectivity index is 2.05. The standard InChI is InChI=1S/C26H25FN4O6/c1-35-9-8-22(26(34)30-16-5-7-18(25(29)33)21(27)10-16)31-14-23(37-3)20(12-24(31)32)19-11-17(36-2)6-4-15(19)13-28/h4-7,10-12,14,22H,8-9H2,1-3H3,(H2,29,33)(H,30,34). The molecular weight excluding hydrogens is 483 g/mol. The monoisotopic (exact) mass is 508 g/mol. The molecule has 1 aromatic heterocycles. The zero-order chi connectivity index (χ0) is 27.1. The number of hydrogen-bond acceptors (Lipinski definition) is 7. The van der Waals surface area contributed by atoms with E-state index < -0.39 is 29.2 Å². The van der Waals surface area contributed by atoms with E-state index in [9.17, 15) is 24.0 Å². The number of nitrogens with two attached hydrogens (primary N) is 1. The summed E-state index contributed by atoms with van der Waals surface area (Å²) in [6.45, 7) is 0.137. The number of hydrogen-bond donors (Lipinski definition) is 2. The fraction of sp³-hybridized carbons (Fsp3) is 0.231. The lowest BCUT2D eigenvalue weighted by molar-refractivity contribution is -0.119. The van der Waals surface area contributed by atoms with Crippen molar-refractivity contribution in [3.63, 3.8) is 0 Å². The lowest BCUT2D eigenvalue weighted by atomic mass is 9.99. The fourth-order valence-electron chi connectivity index (χ4n) is 3.76. The highest BCUT2D eigenvalue weighted by Gasteiger charge is 2.24. The number of aromatic nitrogens is 1. The lowest BCUT2D eigenvalue weighted by Gasteiger charge is -2.21. The maximum absolute atomic E-state index is 14.2. The van der Waals surface area contributed by atoms with E-state index in [4.69, 9.17) is 19.9 Å². The van der Waals surface area contributed by atoms with Gasteiger partial charge in [0.15, 0.2) is 0 Å². The number of ether oxygens (including phenoxy) is 3. The van der Waals surface area contributed by atoms with Crippen molar-refractivity contribution in [2.24, 2.45) is 5.73 Å². The molecule has 0 fully saturated rings. The van der Waals surface area contributed by atoms with E-state index in [0.717, 1.165) is 12.1 Å². The zero-order valence-corrected chi connectivity index (χ0v) is 20.4. The van der Waals surface area contributed by atoms with E-state index in [2.05, 4.69) is 11.4 Å². The van der Waals surface area contributed by atoms with Crippen LogP contribution in [0.1, 0.15) is 28.4 Å². The molecule has 0 aliphatic carbocycles. The average Bonchev–Trinajstić information content (AvgIpc) is 2.88. The summed E-state index contributed by atoms with van der Waals surface area (Å²) in [5.74, 6) is -1.75. The molecule has 37 heavy (non-hydrogen) atoms. The minimum atomic E-state index is -1.06. The van der Waals surface area contributed by atoms with Crippen LogP contribution in [0.25, 0.3) is 11.1 Å². The first-order valence-electron chi connectivity index (χ1n) is 11.0. The molecule has 3 N–H and O–H groups in total. The molecule has 2 amide bonds. The maximum atomic E-state index is 14.2. The number of carbonyl (C=O) groups excluding carboxylic acids is 2. The Morgan fingerprint density at radius 3 is 2.46 bits per heavy atom. The molecule has 0 aliphatic heterocycles. The third kappa shape index (κ3) is 5.94. The first-order chi connectivity index (χ1) is 17.7. The Hall–Kier alpha value is -4.69. The number of nitriles is 1. The van der Waals surface area contributed by atoms with Gasteiger partial charge in [0.2, 0.25) is 5.91 Å². The van der Waals surface area contributed by atoms with E-state index in [0.29, 0.717) is 22.4 Å². The number of benzene rings is 2. The number of carbonyl (C=O) groups is 2. The van der Waals surface area contributed by atoms with E-state index in [-0.39, 0.29) is 30.0 Å². The van der Waals surface area contributed by atoms with Gasteiger partial charge >= 0.3 is 0 Å². The lowest BCUT2D eigenvalue weighted by Crippen LogP contribution is -2.34. The highest BCUT2D eigenvalue weighted by atomic mass is 19.1. The number of anilines is 1. The molecule has 192 valence electrons. The summed E-state index contributed by atoms with van der Waals surface area (Å²) in [5, 5.41) is 12.1. The summed E-state index contributed by atoms with van der Waals surface area (Å²) >= 11 is 0. The molecule has 10 nitrogen and oxygen atoms in total. The first kappa shape index (κ1) is 26.9. The molecule has 0 bridgehead atoms. The normalized spacial score (nSPS) is 11.3. The van der Waals surface area contributed by atoms with Gasteiger partial charge in [-0.15, -0.1) is 0 Å². The number of rotatable bonds is 10. The second-order valence-electron chi connectivity index (χ2n) is 7.87. The molecule has 0 saturated carbocycles. The minimum Gasteiger partial charge on any atom is -0.497 e. The molecule has 2 aromatic carbocycles. The Labute approximate surface area is 212 Å². The van der Waals surface area contributed by atoms with Crippen molar-refractivity contribution >= 4 is 17.5 Å². The third-order valence-corrected chi connectivity index (χ3v) is 5.64. The molecular formula is C26H25FN4O6. The van der Waals surface area contributed by atoms with Gasteiger partial charge in [-0.2, -0.15) is 5.26 Å². The van der Waals surface area contributed by atoms with Gasteiger partial charge in [0.1, 0.15) is 23.4 Å². The van der Waals surface area contributed by atoms with Crippen molar-refractivity contribution < 1.29 is 28.2 Å². The van der Waals surface area contributed by atoms with Gasteiger partial charge in [0.25, 0.3) is 11.5 Å². The summed E-state index contributed by atoms with van der Waals surface area (Å²) in [6.07, 6.45) is 1.48. The van der Waals surface area contributed by atoms with Crippen LogP contribution in [0.4, 0.5) is 10.1 Å². The zero-order valence-electron chi connectivity index (χ0n) is 20.4. The molecule has 1 atom stereocenters. The average molecular weight is 509 g/mol. The second-order valence-corrected chi connectivity index (χ2v) is 7.87. The SMILES string of the molecule is COCCC(C(=O)Nc1ccc(C(N)=O)c(F)c1)n1cc(OC)c(-c2cc(OC)ccc2C#N)cc1=O. The van der Waals surface area contributed by atoms with E-state index in [1.165, 1.54) is 44.2 Å². The van der Waals surface area contributed by atoms with E-state index in [1.54, 1.807) is 18.2 Å². The fourth-order valence-corrected chi connectivity index (χ4v) is 3.76. The summed E-state index contributed by atoms with van der Waals surface area (Å²) in [7, 11) is 4.32. The van der Waals surface area contributed by atoms with Gasteiger partial charge in [0.05, 0.1) is 37.6 Å². The van der Waals surface area contributed by atoms with Gasteiger partial charge in [-0.05, 0) is 36.4 Å². The Morgan fingerprint density at radius 2 is 1.86 bits per heavy atom. The van der Waals surface area contributed by atoms with Crippen molar-refractivity contribution in [2.45, 2.75) is 12.5 Å². The van der Waals surface area contributed by atoms with E-state index in [1.807, 2.05) is 0 Å². The van der Waals surface area contributed by atoms with Gasteiger partial charge in [-0.3, -0.25) is 19.0 Å². The Bertz CT molecular complexity index is 1430. The quantitative estimate of drug-likeness (QED) is 0.428. The summed E-state index contributed by atoms with van der Waals surface area (Å²) in [4.78, 5) is 37.7. The molecule has 1 heterocycles. The number of methoxy groups -OCH3 is 3. The van der Waals surface area contributed by atoms with Crippen molar-refractivity contribution in [2.75, 3.05) is 33.3 Å². The van der Waals surface area contributed by atoms with Crippen molar-refractivity contribution in [1.29, 1.82) is 5.26 Å². The predicted octanol–water partition coefficient (Wildman–Crippen LogP) is 2.86. The predicted molar refractivity (Wildman–Crippen MR) is 133 cm³/mol. The number of pyridine rings is 1. The number of nitrogens with zero attached hydrogens (tertiary/aromatic N) is 2. The molecule has 3 aromatic rings. The van der Waals surface area contributed by atoms with Crippen LogP contribution in [0.15, 0.2) is 53.5 Å². The van der Waals surface area contributed by atoms with Crippen LogP contribution in [0.2, 0.25) is 0 Å². The van der Waals surface area contributed by atoms with Gasteiger partial charge < -0.3 is 25.3 Å². The van der Waals surface area contributed by atoms with Crippen molar-refractivity contribution in [3.8, 4) is 28.7 Å². The summed E-state index contributed by atoms with van der Waals surface area (Å²) in [6, 6.07) is 10.5. The number of nitrogens with one attached hydrogen (secondary N) is 1. The Morgan fingerprint density at radius 1 is 1.11 bits per heavy atom. The second kappa shape index (κ2) is 11.8. The number of primary amides is 1. The van der Waals surface area contributed by atoms with Crippen molar-refractivity contribution in [3.05, 3.63) is 76.0 Å². The maximum Gasteiger partial charge on any atom is 0.252 e. The van der Waals surface area contributed by atoms with Crippen LogP contribution in [0.5, 0.6) is 11.5 Å². The summed E-state index contributed by atoms with van der Waals surface area (Å²) < 4.78 is 31.2. The molecule has 0 radical (unpaired) electrons. The third-order valence-electron chi connectivity index (χ3n) is 5.64. The molecule has 11 heteroatoms. The number of halogens is 1. The topological polar surface area (TPSA) is 146 Å². The first-order valence-corrected chi connectivity index (χ1v) is 11.0. The smallest absolute Gasteiger partial charge is 0.252 e. The van der Waals surface area contributed by atoms with Crippen LogP contribution in [0, 0.1) is 17.1 Å². The van der Waals surface area contributed by atoms with Crippen molar-refractivity contribution in [1.82, 2.24) is 4.57 Å². The summed E-state index contributed by atoms with van der Waals surface area (Å²) in [5.41, 5.74) is 5.39. The molecule has 1 unspecified atom stereocenters. The van der Waals surface area contributed by atoms with Gasteiger partial charge in [-0.25, -0.2) is 4.39 Å². The van der Waals surface area contributed by atoms with Crippen LogP contribution in [-0.4, -0.2) is 44.3 Å². The molecule has 3 rings (SSSR count). The van der Waals surface area contributed by atoms with Crippen LogP contribution in [0.3, 0.4) is 0 Å². The Kier molecular flexibility index (Phi) is 8.60. The van der Waals surface area contributed by atoms with Crippen LogP contribution < -0.4 is 26.1 Å². The molecule has 0 saturated heterocycles. The molecule has 0 spiro atoms. The van der Waals surface area contributed by atoms with Crippen LogP contribution in [-0.2, 0) is 9.53 Å². The molecule has 0 aliphatic rings. The van der Waals surface area contributed by atoms with Gasteiger partial charge in [-0.1, -0.05) is 0 Å².